The van der Waals surface area contributed by atoms with Crippen molar-refractivity contribution in [3.63, 3.8) is 0 Å². The molecule has 0 N–H and O–H groups in total. The van der Waals surface area contributed by atoms with Gasteiger partial charge in [0.1, 0.15) is 44.7 Å². The van der Waals surface area contributed by atoms with Crippen LogP contribution in [0, 0.1) is 0 Å². The monoisotopic (exact) mass is 1120 g/mol. The van der Waals surface area contributed by atoms with Gasteiger partial charge in [0, 0.05) is 118 Å². The Kier molecular flexibility index (Phi) is 10.3. The summed E-state index contributed by atoms with van der Waals surface area (Å²) < 4.78 is 28.0. The topological polar surface area (TPSA) is 59.0 Å². The molecule has 12 aromatic carbocycles. The molecule has 0 bridgehead atoms. The van der Waals surface area contributed by atoms with E-state index in [1.807, 2.05) is 24.3 Å². The predicted octanol–water partition coefficient (Wildman–Crippen LogP) is 23.0. The van der Waals surface area contributed by atoms with Crippen LogP contribution >= 0.6 is 0 Å². The van der Waals surface area contributed by atoms with Crippen LogP contribution in [-0.4, -0.2) is 0 Å². The fraction of sp³-hybridized carbons (Fsp3) is 0.136. The number of fused-ring (bicyclic) bond motifs is 19. The third-order valence-electron chi connectivity index (χ3n) is 19.3. The van der Waals surface area contributed by atoms with Gasteiger partial charge in [0.2, 0.25) is 0 Å². The quantitative estimate of drug-likeness (QED) is 0.165. The summed E-state index contributed by atoms with van der Waals surface area (Å²) in [4.78, 5) is 4.66. The molecule has 4 aromatic heterocycles. The number of benzene rings is 12. The average molecular weight is 1130 g/mol. The van der Waals surface area contributed by atoms with Crippen LogP contribution in [0.15, 0.2) is 248 Å². The van der Waals surface area contributed by atoms with E-state index in [1.165, 1.54) is 55.3 Å². The summed E-state index contributed by atoms with van der Waals surface area (Å²) in [7, 11) is 0. The SMILES string of the molecule is CC(C)(C)c1ccc(N(c2ccc3c(c2)oc2ccccc23)c2ccc3c(c2)oc2c4c5c(c6oc7cc(N(c8ccc(C(C)(C)C)cc8)c8ccc9c(c8)oc8ccccc89)ccc7c6cc5cc23)CC2(C4)c3ccccc3-c3ccccc32)cc1. The first-order valence-electron chi connectivity index (χ1n) is 30.4. The van der Waals surface area contributed by atoms with Gasteiger partial charge in [0.25, 0.3) is 0 Å². The number of para-hydroxylation sites is 2. The fourth-order valence-corrected chi connectivity index (χ4v) is 15.1. The Balaban J connectivity index is 0.841. The van der Waals surface area contributed by atoms with Crippen molar-refractivity contribution in [3.8, 4) is 11.1 Å². The van der Waals surface area contributed by atoms with Gasteiger partial charge in [-0.05, 0) is 165 Å². The number of nitrogens with zero attached hydrogens (tertiary/aromatic N) is 2. The van der Waals surface area contributed by atoms with E-state index in [0.717, 1.165) is 135 Å². The Morgan fingerprint density at radius 1 is 0.310 bits per heavy atom. The molecule has 6 nitrogen and oxygen atoms in total. The Bertz CT molecular complexity index is 5220. The zero-order chi connectivity index (χ0) is 58.2. The first-order chi connectivity index (χ1) is 42.3. The standard InChI is InChI=1S/C81H60N2O4/c1-79(2,3)48-23-27-50(28-24-48)82(52-31-35-60-58-17-9-13-21-70(58)84-72(60)41-52)54-33-37-62-64-39-47-40-65-63-38-34-55(83(51-29-25-49(26-30-51)80(4,5)6)53-32-36-61-59-18-10-14-22-71(59)85-73(61)42-53)44-75(63)87-78(65)67-46-81(45-66(76(47)67)77(64)86-74(62)43-54)68-19-11-7-15-56(68)57-16-8-12-20-69(57)81/h7-44H,45-46H2,1-6H3. The number of anilines is 6. The maximum absolute atomic E-state index is 7.47. The zero-order valence-corrected chi connectivity index (χ0v) is 49.4. The lowest BCUT2D eigenvalue weighted by Gasteiger charge is -2.37. The number of furan rings is 4. The van der Waals surface area contributed by atoms with Crippen LogP contribution in [0.25, 0.3) is 110 Å². The van der Waals surface area contributed by atoms with Crippen molar-refractivity contribution in [1.29, 1.82) is 0 Å². The van der Waals surface area contributed by atoms with Gasteiger partial charge in [-0.15, -0.1) is 0 Å². The molecular weight excluding hydrogens is 1060 g/mol. The third kappa shape index (κ3) is 7.40. The van der Waals surface area contributed by atoms with Crippen molar-refractivity contribution in [2.45, 2.75) is 70.6 Å². The van der Waals surface area contributed by atoms with Crippen molar-refractivity contribution >= 4 is 133 Å². The maximum atomic E-state index is 7.47. The maximum Gasteiger partial charge on any atom is 0.139 e. The first-order valence-corrected chi connectivity index (χ1v) is 30.4. The van der Waals surface area contributed by atoms with Gasteiger partial charge in [0.05, 0.1) is 0 Å². The molecule has 0 saturated heterocycles. The van der Waals surface area contributed by atoms with Crippen LogP contribution in [0.1, 0.15) is 74.9 Å². The van der Waals surface area contributed by atoms with Gasteiger partial charge < -0.3 is 27.5 Å². The lowest BCUT2D eigenvalue weighted by molar-refractivity contribution is 0.507. The molecule has 87 heavy (non-hydrogen) atoms. The lowest BCUT2D eigenvalue weighted by atomic mass is 9.65. The Labute approximate surface area is 503 Å². The predicted molar refractivity (Wildman–Crippen MR) is 360 cm³/mol. The van der Waals surface area contributed by atoms with E-state index in [1.54, 1.807) is 0 Å². The van der Waals surface area contributed by atoms with E-state index < -0.39 is 0 Å². The highest BCUT2D eigenvalue weighted by Gasteiger charge is 2.47. The van der Waals surface area contributed by atoms with Gasteiger partial charge in [-0.25, -0.2) is 0 Å². The van der Waals surface area contributed by atoms with E-state index in [4.69, 9.17) is 17.7 Å². The summed E-state index contributed by atoms with van der Waals surface area (Å²) in [5, 5.41) is 11.2. The minimum atomic E-state index is -0.388. The van der Waals surface area contributed by atoms with Crippen LogP contribution < -0.4 is 9.80 Å². The smallest absolute Gasteiger partial charge is 0.139 e. The summed E-state index contributed by atoms with van der Waals surface area (Å²) in [6.07, 6.45) is 1.54. The van der Waals surface area contributed by atoms with E-state index in [0.29, 0.717) is 0 Å². The summed E-state index contributed by atoms with van der Waals surface area (Å²) in [6, 6.07) is 84.2. The molecule has 16 aromatic rings. The third-order valence-corrected chi connectivity index (χ3v) is 19.3. The van der Waals surface area contributed by atoms with Crippen molar-refractivity contribution in [2.75, 3.05) is 9.80 Å². The average Bonchev–Trinajstić information content (AvgIpc) is 1.60. The molecule has 0 fully saturated rings. The highest BCUT2D eigenvalue weighted by molar-refractivity contribution is 6.20. The summed E-state index contributed by atoms with van der Waals surface area (Å²) in [5.41, 5.74) is 23.0. The molecule has 418 valence electrons. The molecular formula is C81H60N2O4. The molecule has 1 spiro atoms. The zero-order valence-electron chi connectivity index (χ0n) is 49.4. The second-order valence-electron chi connectivity index (χ2n) is 26.5. The first kappa shape index (κ1) is 50.1. The van der Waals surface area contributed by atoms with E-state index in [2.05, 4.69) is 258 Å². The molecule has 2 aliphatic carbocycles. The Morgan fingerprint density at radius 3 is 1.05 bits per heavy atom. The molecule has 0 saturated carbocycles. The van der Waals surface area contributed by atoms with E-state index >= 15 is 0 Å². The molecule has 0 atom stereocenters. The molecule has 4 heterocycles. The van der Waals surface area contributed by atoms with E-state index in [9.17, 15) is 0 Å². The molecule has 0 radical (unpaired) electrons. The number of rotatable bonds is 6. The van der Waals surface area contributed by atoms with Gasteiger partial charge in [0.15, 0.2) is 0 Å². The van der Waals surface area contributed by atoms with Gasteiger partial charge in [-0.3, -0.25) is 0 Å². The van der Waals surface area contributed by atoms with Gasteiger partial charge >= 0.3 is 0 Å². The second-order valence-corrected chi connectivity index (χ2v) is 26.5. The van der Waals surface area contributed by atoms with Crippen LogP contribution in [0.3, 0.4) is 0 Å². The van der Waals surface area contributed by atoms with Crippen molar-refractivity contribution in [1.82, 2.24) is 0 Å². The minimum Gasteiger partial charge on any atom is -0.456 e. The lowest BCUT2D eigenvalue weighted by Crippen LogP contribution is -2.34. The summed E-state index contributed by atoms with van der Waals surface area (Å²) in [6.45, 7) is 13.6. The van der Waals surface area contributed by atoms with Gasteiger partial charge in [-0.2, -0.15) is 0 Å². The van der Waals surface area contributed by atoms with Crippen LogP contribution in [-0.2, 0) is 29.1 Å². The Hall–Kier alpha value is -10.3. The highest BCUT2D eigenvalue weighted by Crippen LogP contribution is 2.58. The molecule has 0 unspecified atom stereocenters. The van der Waals surface area contributed by atoms with Crippen LogP contribution in [0.4, 0.5) is 34.1 Å². The van der Waals surface area contributed by atoms with Crippen molar-refractivity contribution in [3.05, 3.63) is 264 Å². The number of hydrogen-bond acceptors (Lipinski definition) is 6. The van der Waals surface area contributed by atoms with Crippen molar-refractivity contribution in [2.24, 2.45) is 0 Å². The van der Waals surface area contributed by atoms with E-state index in [-0.39, 0.29) is 16.2 Å². The fourth-order valence-electron chi connectivity index (χ4n) is 15.1. The molecule has 18 rings (SSSR count). The normalized spacial score (nSPS) is 13.9. The highest BCUT2D eigenvalue weighted by atomic mass is 16.3. The number of hydrogen-bond donors (Lipinski definition) is 0. The van der Waals surface area contributed by atoms with Crippen molar-refractivity contribution < 1.29 is 17.7 Å². The minimum absolute atomic E-state index is 0.00369. The molecule has 0 amide bonds. The second kappa shape index (κ2) is 17.9. The Morgan fingerprint density at radius 2 is 0.644 bits per heavy atom. The molecule has 6 heteroatoms. The van der Waals surface area contributed by atoms with Crippen LogP contribution in [0.2, 0.25) is 0 Å². The summed E-state index contributed by atoms with van der Waals surface area (Å²) in [5.74, 6) is 0. The van der Waals surface area contributed by atoms with Crippen LogP contribution in [0.5, 0.6) is 0 Å². The largest absolute Gasteiger partial charge is 0.456 e. The molecule has 0 aliphatic heterocycles. The van der Waals surface area contributed by atoms with Gasteiger partial charge in [-0.1, -0.05) is 151 Å². The summed E-state index contributed by atoms with van der Waals surface area (Å²) >= 11 is 0. The molecule has 2 aliphatic rings.